The predicted molar refractivity (Wildman–Crippen MR) is 96.4 cm³/mol. The van der Waals surface area contributed by atoms with Gasteiger partial charge in [-0.2, -0.15) is 0 Å². The van der Waals surface area contributed by atoms with Crippen LogP contribution in [0.3, 0.4) is 0 Å². The van der Waals surface area contributed by atoms with Crippen molar-refractivity contribution in [3.8, 4) is 0 Å². The summed E-state index contributed by atoms with van der Waals surface area (Å²) in [7, 11) is -1.17. The molecule has 148 valence electrons. The van der Waals surface area contributed by atoms with Crippen LogP contribution in [0, 0.1) is 0 Å². The number of rotatable bonds is 1. The molecule has 0 unspecified atom stereocenters. The molecular formula is C14H37B2O8-. The summed E-state index contributed by atoms with van der Waals surface area (Å²) in [5.74, 6) is 0. The van der Waals surface area contributed by atoms with Gasteiger partial charge in [0.25, 0.3) is 0 Å². The van der Waals surface area contributed by atoms with E-state index in [9.17, 15) is 5.02 Å². The van der Waals surface area contributed by atoms with Crippen molar-refractivity contribution in [1.29, 1.82) is 0 Å². The molecule has 10 heteroatoms. The fourth-order valence-corrected chi connectivity index (χ4v) is 1.40. The zero-order valence-electron chi connectivity index (χ0n) is 16.7. The molecule has 0 spiro atoms. The molecule has 24 heavy (non-hydrogen) atoms. The van der Waals surface area contributed by atoms with Crippen molar-refractivity contribution in [2.45, 2.75) is 91.4 Å². The maximum absolute atomic E-state index is 9.48. The van der Waals surface area contributed by atoms with Crippen LogP contribution in [0.15, 0.2) is 0 Å². The zero-order chi connectivity index (χ0) is 19.5. The normalized spacial score (nSPS) is 20.6. The molecule has 0 bridgehead atoms. The minimum Gasteiger partial charge on any atom is -0.560 e. The molecule has 1 aliphatic heterocycles. The molecule has 1 saturated heterocycles. The van der Waals surface area contributed by atoms with Crippen LogP contribution < -0.4 is 0 Å². The molecular weight excluding hydrogens is 318 g/mol. The molecule has 0 amide bonds. The summed E-state index contributed by atoms with van der Waals surface area (Å²) < 4.78 is 10.7. The minimum absolute atomic E-state index is 0. The van der Waals surface area contributed by atoms with Gasteiger partial charge in [-0.25, -0.2) is 0 Å². The summed E-state index contributed by atoms with van der Waals surface area (Å²) in [5, 5.41) is 42.9. The molecule has 0 aromatic rings. The van der Waals surface area contributed by atoms with E-state index in [1.165, 1.54) is 6.82 Å². The highest BCUT2D eigenvalue weighted by molar-refractivity contribution is 6.58. The average molecular weight is 355 g/mol. The van der Waals surface area contributed by atoms with Gasteiger partial charge in [-0.05, 0) is 62.2 Å². The minimum atomic E-state index is -2.06. The summed E-state index contributed by atoms with van der Waals surface area (Å²) >= 11 is 0. The lowest BCUT2D eigenvalue weighted by Crippen LogP contribution is -2.44. The molecule has 1 rings (SSSR count). The number of hydrogen-bond donors (Lipinski definition) is 5. The quantitative estimate of drug-likeness (QED) is 0.414. The van der Waals surface area contributed by atoms with Crippen molar-refractivity contribution in [3.05, 3.63) is 0 Å². The Kier molecular flexibility index (Phi) is 10.7. The van der Waals surface area contributed by atoms with E-state index in [-0.39, 0.29) is 5.48 Å². The smallest absolute Gasteiger partial charge is 0.448 e. The SMILES string of the molecule is CB(O)O.CC(C)(O)C(C)(C)O.C[B-]1(O)OC(C)(C)C(C)(C)O1.O. The summed E-state index contributed by atoms with van der Waals surface area (Å²) in [4.78, 5) is 0. The molecule has 1 fully saturated rings. The second-order valence-corrected chi connectivity index (χ2v) is 8.04. The van der Waals surface area contributed by atoms with Gasteiger partial charge < -0.3 is 40.1 Å². The summed E-state index contributed by atoms with van der Waals surface area (Å²) in [6.45, 7) is 14.7. The third-order valence-electron chi connectivity index (χ3n) is 3.97. The van der Waals surface area contributed by atoms with E-state index in [1.807, 2.05) is 27.7 Å². The van der Waals surface area contributed by atoms with Crippen LogP contribution in [0.2, 0.25) is 13.6 Å². The van der Waals surface area contributed by atoms with Crippen LogP contribution in [-0.2, 0) is 9.31 Å². The molecule has 0 radical (unpaired) electrons. The van der Waals surface area contributed by atoms with Crippen LogP contribution in [0.1, 0.15) is 55.4 Å². The van der Waals surface area contributed by atoms with Crippen molar-refractivity contribution in [2.75, 3.05) is 0 Å². The number of aliphatic hydroxyl groups is 2. The molecule has 0 saturated carbocycles. The number of hydrogen-bond acceptors (Lipinski definition) is 7. The molecule has 0 atom stereocenters. The van der Waals surface area contributed by atoms with Crippen LogP contribution in [0.25, 0.3) is 0 Å². The highest BCUT2D eigenvalue weighted by Crippen LogP contribution is 2.39. The van der Waals surface area contributed by atoms with Gasteiger partial charge in [-0.15, -0.1) is 6.82 Å². The third kappa shape index (κ3) is 10.6. The van der Waals surface area contributed by atoms with Crippen molar-refractivity contribution in [3.63, 3.8) is 0 Å². The molecule has 1 heterocycles. The van der Waals surface area contributed by atoms with Crippen molar-refractivity contribution in [2.24, 2.45) is 0 Å². The van der Waals surface area contributed by atoms with Crippen LogP contribution in [-0.4, -0.2) is 67.0 Å². The van der Waals surface area contributed by atoms with Gasteiger partial charge in [0, 0.05) is 11.2 Å². The highest BCUT2D eigenvalue weighted by Gasteiger charge is 2.48. The lowest BCUT2D eigenvalue weighted by Gasteiger charge is -2.36. The lowest BCUT2D eigenvalue weighted by atomic mass is 9.84. The Hall–Kier alpha value is -0.190. The van der Waals surface area contributed by atoms with Crippen LogP contribution in [0.5, 0.6) is 0 Å². The van der Waals surface area contributed by atoms with E-state index in [0.29, 0.717) is 0 Å². The molecule has 8 nitrogen and oxygen atoms in total. The Morgan fingerprint density at radius 1 is 0.833 bits per heavy atom. The van der Waals surface area contributed by atoms with Crippen LogP contribution >= 0.6 is 0 Å². The van der Waals surface area contributed by atoms with E-state index in [0.717, 1.165) is 0 Å². The first-order valence-electron chi connectivity index (χ1n) is 7.76. The van der Waals surface area contributed by atoms with Gasteiger partial charge >= 0.3 is 13.9 Å². The van der Waals surface area contributed by atoms with E-state index in [2.05, 4.69) is 0 Å². The Morgan fingerprint density at radius 3 is 1.04 bits per heavy atom. The Balaban J connectivity index is -0.000000301. The highest BCUT2D eigenvalue weighted by atomic mass is 16.8. The first kappa shape index (κ1) is 28.6. The maximum atomic E-state index is 9.48. The standard InChI is InChI=1S/C7H16BO3.C6H14O2.CH5BO2.H2O/c1-6(2)7(3,4)11-8(5,9)10-6;1-5(2,7)6(3,4)8;1-2(3)4;/h9H,1-5H3;7-8H,1-4H3;3-4H,1H3;1H2/q-1;;;. The Labute approximate surface area is 146 Å². The van der Waals surface area contributed by atoms with Gasteiger partial charge in [-0.3, -0.25) is 0 Å². The Morgan fingerprint density at radius 2 is 1.00 bits per heavy atom. The maximum Gasteiger partial charge on any atom is 0.448 e. The van der Waals surface area contributed by atoms with Crippen molar-refractivity contribution < 1.29 is 40.1 Å². The summed E-state index contributed by atoms with van der Waals surface area (Å²) in [6.07, 6.45) is 0. The van der Waals surface area contributed by atoms with Crippen LogP contribution in [0.4, 0.5) is 0 Å². The summed E-state index contributed by atoms with van der Waals surface area (Å²) in [6, 6.07) is 0. The van der Waals surface area contributed by atoms with Crippen molar-refractivity contribution in [1.82, 2.24) is 0 Å². The third-order valence-corrected chi connectivity index (χ3v) is 3.97. The first-order valence-corrected chi connectivity index (χ1v) is 7.76. The molecule has 0 aromatic heterocycles. The van der Waals surface area contributed by atoms with E-state index in [4.69, 9.17) is 29.6 Å². The van der Waals surface area contributed by atoms with Gasteiger partial charge in [-0.1, -0.05) is 0 Å². The first-order chi connectivity index (χ1) is 9.65. The second-order valence-electron chi connectivity index (χ2n) is 8.04. The molecule has 0 aromatic carbocycles. The average Bonchev–Trinajstić information content (AvgIpc) is 2.23. The second kappa shape index (κ2) is 8.95. The van der Waals surface area contributed by atoms with Gasteiger partial charge in [0.2, 0.25) is 0 Å². The molecule has 7 N–H and O–H groups in total. The fraction of sp³-hybridized carbons (Fsp3) is 1.00. The van der Waals surface area contributed by atoms with E-state index in [1.54, 1.807) is 34.5 Å². The molecule has 1 aliphatic rings. The van der Waals surface area contributed by atoms with E-state index < -0.39 is 36.3 Å². The topological polar surface area (TPSA) is 151 Å². The monoisotopic (exact) mass is 355 g/mol. The fourth-order valence-electron chi connectivity index (χ4n) is 1.40. The van der Waals surface area contributed by atoms with Gasteiger partial charge in [0.05, 0.1) is 11.2 Å². The Bertz CT molecular complexity index is 324. The zero-order valence-corrected chi connectivity index (χ0v) is 16.7. The molecule has 0 aliphatic carbocycles. The lowest BCUT2D eigenvalue weighted by molar-refractivity contribution is -0.107. The predicted octanol–water partition coefficient (Wildman–Crippen LogP) is -0.0561. The largest absolute Gasteiger partial charge is 0.560 e. The summed E-state index contributed by atoms with van der Waals surface area (Å²) in [5.41, 5.74) is -2.85. The van der Waals surface area contributed by atoms with E-state index >= 15 is 0 Å². The van der Waals surface area contributed by atoms with Gasteiger partial charge in [0.15, 0.2) is 0 Å². The van der Waals surface area contributed by atoms with Crippen molar-refractivity contribution >= 4 is 13.9 Å². The van der Waals surface area contributed by atoms with Gasteiger partial charge in [0.1, 0.15) is 0 Å².